The van der Waals surface area contributed by atoms with Crippen LogP contribution in [0.5, 0.6) is 0 Å². The molecule has 138 valence electrons. The second kappa shape index (κ2) is 9.03. The van der Waals surface area contributed by atoms with Crippen molar-refractivity contribution in [2.75, 3.05) is 31.6 Å². The first kappa shape index (κ1) is 18.7. The summed E-state index contributed by atoms with van der Waals surface area (Å²) < 4.78 is 5.48. The number of morpholine rings is 1. The zero-order valence-corrected chi connectivity index (χ0v) is 15.6. The third kappa shape index (κ3) is 4.97. The first-order valence-electron chi connectivity index (χ1n) is 8.83. The summed E-state index contributed by atoms with van der Waals surface area (Å²) in [5, 5.41) is 6.57. The standard InChI is InChI=1S/C20H24ClN3O2/c1-15(22-20(25)23-18-9-7-17(21)8-10-18)19(16-5-3-2-4-6-16)24-11-13-26-14-12-24/h2-10,15,19H,11-14H2,1H3,(H2,22,23,25)/t15-,19-/m1/s1. The number of halogens is 1. The highest BCUT2D eigenvalue weighted by atomic mass is 35.5. The van der Waals surface area contributed by atoms with Crippen LogP contribution in [-0.4, -0.2) is 43.3 Å². The molecule has 1 heterocycles. The highest BCUT2D eigenvalue weighted by Crippen LogP contribution is 2.25. The van der Waals surface area contributed by atoms with E-state index in [4.69, 9.17) is 16.3 Å². The van der Waals surface area contributed by atoms with E-state index in [0.29, 0.717) is 23.9 Å². The van der Waals surface area contributed by atoms with Crippen molar-refractivity contribution in [1.82, 2.24) is 10.2 Å². The number of hydrogen-bond acceptors (Lipinski definition) is 3. The number of rotatable bonds is 5. The fourth-order valence-electron chi connectivity index (χ4n) is 3.31. The third-order valence-corrected chi connectivity index (χ3v) is 4.77. The Balaban J connectivity index is 1.69. The van der Waals surface area contributed by atoms with Gasteiger partial charge in [0.2, 0.25) is 0 Å². The second-order valence-corrected chi connectivity index (χ2v) is 6.83. The van der Waals surface area contributed by atoms with Gasteiger partial charge in [-0.1, -0.05) is 41.9 Å². The van der Waals surface area contributed by atoms with Crippen LogP contribution in [0.25, 0.3) is 0 Å². The molecule has 2 aromatic carbocycles. The predicted octanol–water partition coefficient (Wildman–Crippen LogP) is 3.92. The van der Waals surface area contributed by atoms with E-state index in [1.54, 1.807) is 24.3 Å². The van der Waals surface area contributed by atoms with E-state index in [1.165, 1.54) is 5.56 Å². The highest BCUT2D eigenvalue weighted by Gasteiger charge is 2.28. The van der Waals surface area contributed by atoms with Crippen molar-refractivity contribution in [3.05, 3.63) is 65.2 Å². The number of carbonyl (C=O) groups is 1. The zero-order valence-electron chi connectivity index (χ0n) is 14.8. The average molecular weight is 374 g/mol. The molecule has 5 nitrogen and oxygen atoms in total. The molecule has 1 saturated heterocycles. The predicted molar refractivity (Wildman–Crippen MR) is 105 cm³/mol. The Bertz CT molecular complexity index is 703. The van der Waals surface area contributed by atoms with E-state index in [1.807, 2.05) is 25.1 Å². The van der Waals surface area contributed by atoms with Crippen molar-refractivity contribution in [2.45, 2.75) is 19.0 Å². The summed E-state index contributed by atoms with van der Waals surface area (Å²) in [6.07, 6.45) is 0. The summed E-state index contributed by atoms with van der Waals surface area (Å²) in [5.74, 6) is 0. The summed E-state index contributed by atoms with van der Waals surface area (Å²) in [4.78, 5) is 14.8. The van der Waals surface area contributed by atoms with Crippen molar-refractivity contribution >= 4 is 23.3 Å². The van der Waals surface area contributed by atoms with E-state index in [0.717, 1.165) is 13.1 Å². The molecule has 2 amide bonds. The maximum absolute atomic E-state index is 12.4. The van der Waals surface area contributed by atoms with E-state index >= 15 is 0 Å². The van der Waals surface area contributed by atoms with Crippen LogP contribution >= 0.6 is 11.6 Å². The van der Waals surface area contributed by atoms with Gasteiger partial charge in [-0.25, -0.2) is 4.79 Å². The van der Waals surface area contributed by atoms with Gasteiger partial charge in [-0.2, -0.15) is 0 Å². The number of nitrogens with one attached hydrogen (secondary N) is 2. The normalized spacial score (nSPS) is 17.3. The summed E-state index contributed by atoms with van der Waals surface area (Å²) >= 11 is 5.88. The molecular formula is C20H24ClN3O2. The van der Waals surface area contributed by atoms with Gasteiger partial charge in [-0.15, -0.1) is 0 Å². The van der Waals surface area contributed by atoms with Crippen molar-refractivity contribution in [3.63, 3.8) is 0 Å². The van der Waals surface area contributed by atoms with Crippen LogP contribution < -0.4 is 10.6 Å². The lowest BCUT2D eigenvalue weighted by molar-refractivity contribution is 0.00974. The van der Waals surface area contributed by atoms with Crippen LogP contribution in [0.1, 0.15) is 18.5 Å². The van der Waals surface area contributed by atoms with E-state index in [-0.39, 0.29) is 18.1 Å². The summed E-state index contributed by atoms with van der Waals surface area (Å²) in [6.45, 7) is 5.17. The molecule has 0 spiro atoms. The molecule has 2 atom stereocenters. The van der Waals surface area contributed by atoms with Gasteiger partial charge in [0.1, 0.15) is 0 Å². The van der Waals surface area contributed by atoms with Gasteiger partial charge in [0.15, 0.2) is 0 Å². The Morgan fingerprint density at radius 1 is 1.08 bits per heavy atom. The number of urea groups is 1. The fraction of sp³-hybridized carbons (Fsp3) is 0.350. The number of carbonyl (C=O) groups excluding carboxylic acids is 1. The Hall–Kier alpha value is -2.08. The topological polar surface area (TPSA) is 53.6 Å². The molecule has 6 heteroatoms. The molecule has 2 aromatic rings. The Morgan fingerprint density at radius 3 is 2.38 bits per heavy atom. The van der Waals surface area contributed by atoms with Crippen LogP contribution in [-0.2, 0) is 4.74 Å². The lowest BCUT2D eigenvalue weighted by atomic mass is 9.98. The molecule has 0 bridgehead atoms. The van der Waals surface area contributed by atoms with Crippen LogP contribution in [0.2, 0.25) is 5.02 Å². The van der Waals surface area contributed by atoms with E-state index in [2.05, 4.69) is 27.7 Å². The minimum absolute atomic E-state index is 0.0669. The first-order valence-corrected chi connectivity index (χ1v) is 9.21. The van der Waals surface area contributed by atoms with Crippen LogP contribution in [0.15, 0.2) is 54.6 Å². The molecule has 0 saturated carbocycles. The molecular weight excluding hydrogens is 350 g/mol. The number of hydrogen-bond donors (Lipinski definition) is 2. The maximum Gasteiger partial charge on any atom is 0.319 e. The fourth-order valence-corrected chi connectivity index (χ4v) is 3.43. The third-order valence-electron chi connectivity index (χ3n) is 4.51. The number of nitrogens with zero attached hydrogens (tertiary/aromatic N) is 1. The smallest absolute Gasteiger partial charge is 0.319 e. The van der Waals surface area contributed by atoms with Gasteiger partial charge in [0.25, 0.3) is 0 Å². The number of amides is 2. The molecule has 0 aliphatic carbocycles. The minimum Gasteiger partial charge on any atom is -0.379 e. The van der Waals surface area contributed by atoms with Crippen LogP contribution in [0, 0.1) is 0 Å². The van der Waals surface area contributed by atoms with Gasteiger partial charge in [-0.05, 0) is 36.8 Å². The number of ether oxygens (including phenoxy) is 1. The lowest BCUT2D eigenvalue weighted by Gasteiger charge is -2.38. The molecule has 1 aliphatic heterocycles. The molecule has 1 aliphatic rings. The minimum atomic E-state index is -0.228. The Labute approximate surface area is 159 Å². The first-order chi connectivity index (χ1) is 12.6. The van der Waals surface area contributed by atoms with Gasteiger partial charge in [-0.3, -0.25) is 4.90 Å². The van der Waals surface area contributed by atoms with E-state index in [9.17, 15) is 4.79 Å². The van der Waals surface area contributed by atoms with Crippen molar-refractivity contribution < 1.29 is 9.53 Å². The monoisotopic (exact) mass is 373 g/mol. The van der Waals surface area contributed by atoms with Gasteiger partial charge in [0.05, 0.1) is 19.3 Å². The summed E-state index contributed by atoms with van der Waals surface area (Å²) in [7, 11) is 0. The maximum atomic E-state index is 12.4. The Kier molecular flexibility index (Phi) is 6.50. The van der Waals surface area contributed by atoms with Crippen LogP contribution in [0.4, 0.5) is 10.5 Å². The molecule has 0 radical (unpaired) electrons. The lowest BCUT2D eigenvalue weighted by Crippen LogP contribution is -2.49. The molecule has 26 heavy (non-hydrogen) atoms. The average Bonchev–Trinajstić information content (AvgIpc) is 2.65. The van der Waals surface area contributed by atoms with Crippen molar-refractivity contribution in [3.8, 4) is 0 Å². The number of benzene rings is 2. The van der Waals surface area contributed by atoms with Crippen LogP contribution in [0.3, 0.4) is 0 Å². The summed E-state index contributed by atoms with van der Waals surface area (Å²) in [5.41, 5.74) is 1.90. The zero-order chi connectivity index (χ0) is 18.4. The SMILES string of the molecule is C[C@@H](NC(=O)Nc1ccc(Cl)cc1)[C@H](c1ccccc1)N1CCOCC1. The van der Waals surface area contributed by atoms with Crippen molar-refractivity contribution in [2.24, 2.45) is 0 Å². The largest absolute Gasteiger partial charge is 0.379 e. The molecule has 2 N–H and O–H groups in total. The van der Waals surface area contributed by atoms with E-state index < -0.39 is 0 Å². The van der Waals surface area contributed by atoms with Gasteiger partial charge >= 0.3 is 6.03 Å². The molecule has 3 rings (SSSR count). The van der Waals surface area contributed by atoms with Gasteiger partial charge in [0, 0.05) is 29.8 Å². The van der Waals surface area contributed by atoms with Gasteiger partial charge < -0.3 is 15.4 Å². The Morgan fingerprint density at radius 2 is 1.73 bits per heavy atom. The second-order valence-electron chi connectivity index (χ2n) is 6.40. The number of anilines is 1. The quantitative estimate of drug-likeness (QED) is 0.835. The summed E-state index contributed by atoms with van der Waals surface area (Å²) in [6, 6.07) is 17.1. The highest BCUT2D eigenvalue weighted by molar-refractivity contribution is 6.30. The van der Waals surface area contributed by atoms with Crippen molar-refractivity contribution in [1.29, 1.82) is 0 Å². The molecule has 1 fully saturated rings. The molecule has 0 unspecified atom stereocenters. The molecule has 0 aromatic heterocycles.